The fraction of sp³-hybridized carbons (Fsp3) is 0.125. The molecule has 2 aromatic carbocycles. The van der Waals surface area contributed by atoms with Crippen LogP contribution >= 0.6 is 0 Å². The van der Waals surface area contributed by atoms with E-state index in [0.717, 1.165) is 50.2 Å². The Hall–Kier alpha value is -5.00. The predicted molar refractivity (Wildman–Crippen MR) is 158 cm³/mol. The van der Waals surface area contributed by atoms with E-state index in [2.05, 4.69) is 19.9 Å². The van der Waals surface area contributed by atoms with Crippen LogP contribution in [-0.4, -0.2) is 43.8 Å². The molecule has 0 saturated heterocycles. The Balaban J connectivity index is -0.000000257. The minimum absolute atomic E-state index is 0. The first-order chi connectivity index (χ1) is 20.8. The molecule has 0 atom stereocenters. The maximum atomic E-state index is 8.89. The quantitative estimate of drug-likeness (QED) is 0.260. The van der Waals surface area contributed by atoms with Crippen molar-refractivity contribution in [3.05, 3.63) is 120 Å². The van der Waals surface area contributed by atoms with Gasteiger partial charge in [0, 0.05) is 48.7 Å². The topological polar surface area (TPSA) is 212 Å². The van der Waals surface area contributed by atoms with E-state index < -0.39 is 23.9 Å². The minimum atomic E-state index is -1.08. The molecule has 0 N–H and O–H groups in total. The molecule has 46 heavy (non-hydrogen) atoms. The zero-order valence-corrected chi connectivity index (χ0v) is 27.1. The number of benzene rings is 2. The van der Waals surface area contributed by atoms with E-state index in [0.29, 0.717) is 0 Å². The molecule has 0 amide bonds. The fourth-order valence-corrected chi connectivity index (χ4v) is 2.28. The zero-order chi connectivity index (χ0) is 33.6. The second kappa shape index (κ2) is 32.9. The largest absolute Gasteiger partial charge is 2.00 e. The van der Waals surface area contributed by atoms with Gasteiger partial charge in [0.2, 0.25) is 0 Å². The van der Waals surface area contributed by atoms with Crippen LogP contribution in [0, 0.1) is 0 Å². The number of aliphatic carboxylic acids is 4. The molecule has 12 nitrogen and oxygen atoms in total. The standard InChI is InChI=1S/2C12H10N2.4C2H4O2.2Cu/c2*1-2-4-11(5-3-1)6-7-12-10-13-8-9-14-12;4*1-2(3)4;;/h2*1-10H;4*1H3,(H,3,4);;/q;;;;;;2*+2/p-4/b2*7-6+;;;;;;. The summed E-state index contributed by atoms with van der Waals surface area (Å²) in [5, 5.41) is 35.6. The van der Waals surface area contributed by atoms with E-state index in [1.165, 1.54) is 0 Å². The van der Waals surface area contributed by atoms with Crippen molar-refractivity contribution in [1.29, 1.82) is 0 Å². The van der Waals surface area contributed by atoms with Gasteiger partial charge in [-0.2, -0.15) is 0 Å². The van der Waals surface area contributed by atoms with E-state index in [4.69, 9.17) is 39.6 Å². The summed E-state index contributed by atoms with van der Waals surface area (Å²) in [4.78, 5) is 51.8. The van der Waals surface area contributed by atoms with Crippen LogP contribution < -0.4 is 20.4 Å². The third-order valence-electron chi connectivity index (χ3n) is 3.66. The van der Waals surface area contributed by atoms with Crippen LogP contribution in [0.15, 0.2) is 97.8 Å². The molecule has 0 bridgehead atoms. The summed E-state index contributed by atoms with van der Waals surface area (Å²) in [6.07, 6.45) is 18.1. The average molecular weight is 728 g/mol. The monoisotopic (exact) mass is 726 g/mol. The van der Waals surface area contributed by atoms with Gasteiger partial charge in [-0.3, -0.25) is 19.9 Å². The molecule has 0 unspecified atom stereocenters. The van der Waals surface area contributed by atoms with Crippen molar-refractivity contribution in [2.45, 2.75) is 27.7 Å². The number of nitrogens with zero attached hydrogens (tertiary/aromatic N) is 4. The van der Waals surface area contributed by atoms with Crippen LogP contribution in [0.3, 0.4) is 0 Å². The second-order valence-electron chi connectivity index (χ2n) is 7.71. The number of hydrogen-bond acceptors (Lipinski definition) is 12. The van der Waals surface area contributed by atoms with Gasteiger partial charge >= 0.3 is 34.1 Å². The summed E-state index contributed by atoms with van der Waals surface area (Å²) in [6, 6.07) is 20.2. The van der Waals surface area contributed by atoms with E-state index in [1.54, 1.807) is 37.2 Å². The number of carbonyl (C=O) groups is 4. The number of aromatic nitrogens is 4. The Labute approximate surface area is 289 Å². The third kappa shape index (κ3) is 41.1. The van der Waals surface area contributed by atoms with Crippen molar-refractivity contribution in [2.75, 3.05) is 0 Å². The molecule has 4 aromatic rings. The molecule has 0 aliphatic rings. The van der Waals surface area contributed by atoms with Gasteiger partial charge in [0.15, 0.2) is 0 Å². The Morgan fingerprint density at radius 2 is 0.739 bits per heavy atom. The Morgan fingerprint density at radius 3 is 0.957 bits per heavy atom. The van der Waals surface area contributed by atoms with E-state index in [-0.39, 0.29) is 34.1 Å². The van der Waals surface area contributed by atoms with E-state index >= 15 is 0 Å². The number of carbonyl (C=O) groups excluding carboxylic acids is 4. The van der Waals surface area contributed by atoms with E-state index in [9.17, 15) is 0 Å². The summed E-state index contributed by atoms with van der Waals surface area (Å²) >= 11 is 0. The number of rotatable bonds is 4. The summed E-state index contributed by atoms with van der Waals surface area (Å²) in [5.74, 6) is -4.33. The molecule has 0 aliphatic heterocycles. The molecule has 0 spiro atoms. The predicted octanol–water partition coefficient (Wildman–Crippen LogP) is 0.314. The van der Waals surface area contributed by atoms with Gasteiger partial charge in [-0.15, -0.1) is 0 Å². The molecule has 2 aromatic heterocycles. The Morgan fingerprint density at radius 1 is 0.478 bits per heavy atom. The number of hydrogen-bond donors (Lipinski definition) is 0. The van der Waals surface area contributed by atoms with Crippen molar-refractivity contribution in [3.63, 3.8) is 0 Å². The molecule has 2 heterocycles. The first-order valence-corrected chi connectivity index (χ1v) is 12.5. The molecule has 2 radical (unpaired) electrons. The number of carboxylic acids is 4. The maximum Gasteiger partial charge on any atom is 2.00 e. The Kier molecular flexibility index (Phi) is 34.3. The molecule has 14 heteroatoms. The molecule has 4 rings (SSSR count). The molecule has 0 aliphatic carbocycles. The van der Waals surface area contributed by atoms with Crippen LogP contribution in [0.4, 0.5) is 0 Å². The van der Waals surface area contributed by atoms with Crippen LogP contribution in [0.1, 0.15) is 50.2 Å². The van der Waals surface area contributed by atoms with Crippen LogP contribution in [0.5, 0.6) is 0 Å². The van der Waals surface area contributed by atoms with Crippen molar-refractivity contribution in [2.24, 2.45) is 0 Å². The SMILES string of the molecule is C(=C\c1cnccn1)/c1ccccc1.C(=C\c1cnccn1)/c1ccccc1.CC(=O)[O-].CC(=O)[O-].CC(=O)[O-].CC(=O)[O-].[Cu+2].[Cu+2]. The normalized spacial score (nSPS) is 8.61. The van der Waals surface area contributed by atoms with Gasteiger partial charge < -0.3 is 39.6 Å². The molecular weight excluding hydrogens is 695 g/mol. The first-order valence-electron chi connectivity index (χ1n) is 12.5. The van der Waals surface area contributed by atoms with Gasteiger partial charge in [0.05, 0.1) is 23.8 Å². The van der Waals surface area contributed by atoms with Crippen molar-refractivity contribution in [3.8, 4) is 0 Å². The summed E-state index contributed by atoms with van der Waals surface area (Å²) in [6.45, 7) is 3.89. The van der Waals surface area contributed by atoms with Crippen LogP contribution in [0.2, 0.25) is 0 Å². The van der Waals surface area contributed by atoms with Gasteiger partial charge in [0.25, 0.3) is 0 Å². The minimum Gasteiger partial charge on any atom is -0.550 e. The molecule has 0 saturated carbocycles. The Bertz CT molecular complexity index is 1170. The third-order valence-corrected chi connectivity index (χ3v) is 3.66. The van der Waals surface area contributed by atoms with E-state index in [1.807, 2.05) is 85.0 Å². The first kappa shape index (κ1) is 47.9. The summed E-state index contributed by atoms with van der Waals surface area (Å²) < 4.78 is 0. The van der Waals surface area contributed by atoms with Gasteiger partial charge in [0.1, 0.15) is 0 Å². The van der Waals surface area contributed by atoms with Gasteiger partial charge in [-0.1, -0.05) is 72.8 Å². The van der Waals surface area contributed by atoms with Crippen molar-refractivity contribution < 1.29 is 73.7 Å². The number of carboxylic acid groups (broad SMARTS) is 4. The molecule has 250 valence electrons. The summed E-state index contributed by atoms with van der Waals surface area (Å²) in [7, 11) is 0. The van der Waals surface area contributed by atoms with Crippen molar-refractivity contribution in [1.82, 2.24) is 19.9 Å². The fourth-order valence-electron chi connectivity index (χ4n) is 2.28. The van der Waals surface area contributed by atoms with Crippen LogP contribution in [0.25, 0.3) is 24.3 Å². The van der Waals surface area contributed by atoms with Crippen LogP contribution in [-0.2, 0) is 53.3 Å². The molecule has 0 fully saturated rings. The van der Waals surface area contributed by atoms with Gasteiger partial charge in [-0.25, -0.2) is 0 Å². The van der Waals surface area contributed by atoms with Gasteiger partial charge in [-0.05, 0) is 51.0 Å². The smallest absolute Gasteiger partial charge is 0.550 e. The second-order valence-corrected chi connectivity index (χ2v) is 7.71. The average Bonchev–Trinajstić information content (AvgIpc) is 2.96. The zero-order valence-electron chi connectivity index (χ0n) is 25.2. The summed E-state index contributed by atoms with van der Waals surface area (Å²) in [5.41, 5.74) is 4.07. The maximum absolute atomic E-state index is 8.89. The van der Waals surface area contributed by atoms with Crippen molar-refractivity contribution >= 4 is 48.2 Å². The molecular formula is C32H32Cu2N4O8.